The van der Waals surface area contributed by atoms with E-state index in [2.05, 4.69) is 21.8 Å². The van der Waals surface area contributed by atoms with Crippen LogP contribution in [-0.2, 0) is 13.0 Å². The van der Waals surface area contributed by atoms with Gasteiger partial charge in [-0.2, -0.15) is 0 Å². The molecule has 1 aromatic carbocycles. The standard InChI is InChI=1S/C22H25FN4OS2/c1-3-15-11-24-22(25-12-15)27-8-6-16(7-9-27)21-26-17(14-30-21)13-28-20-5-4-18(29-2)10-19(20)23/h4-5,10-12,14,16H,3,6-9,13H2,1-2H3. The fourth-order valence-corrected chi connectivity index (χ4v) is 4.88. The molecule has 0 atom stereocenters. The lowest BCUT2D eigenvalue weighted by Gasteiger charge is -2.31. The predicted molar refractivity (Wildman–Crippen MR) is 120 cm³/mol. The lowest BCUT2D eigenvalue weighted by molar-refractivity contribution is 0.286. The molecule has 0 saturated carbocycles. The highest BCUT2D eigenvalue weighted by Gasteiger charge is 2.24. The van der Waals surface area contributed by atoms with E-state index in [1.54, 1.807) is 17.4 Å². The van der Waals surface area contributed by atoms with Crippen LogP contribution in [0.15, 0.2) is 40.9 Å². The predicted octanol–water partition coefficient (Wildman–Crippen LogP) is 5.32. The number of anilines is 1. The molecule has 158 valence electrons. The van der Waals surface area contributed by atoms with Crippen molar-refractivity contribution in [1.82, 2.24) is 15.0 Å². The van der Waals surface area contributed by atoms with E-state index >= 15 is 0 Å². The first kappa shape index (κ1) is 21.1. The minimum Gasteiger partial charge on any atom is -0.484 e. The largest absolute Gasteiger partial charge is 0.484 e. The number of hydrogen-bond donors (Lipinski definition) is 0. The second-order valence-electron chi connectivity index (χ2n) is 7.27. The Morgan fingerprint density at radius 1 is 1.23 bits per heavy atom. The van der Waals surface area contributed by atoms with Crippen LogP contribution in [-0.4, -0.2) is 34.3 Å². The van der Waals surface area contributed by atoms with Crippen LogP contribution >= 0.6 is 23.1 Å². The maximum absolute atomic E-state index is 14.1. The Morgan fingerprint density at radius 3 is 2.67 bits per heavy atom. The van der Waals surface area contributed by atoms with Crippen LogP contribution in [0.25, 0.3) is 0 Å². The van der Waals surface area contributed by atoms with E-state index in [0.717, 1.165) is 59.5 Å². The Bertz CT molecular complexity index is 972. The Labute approximate surface area is 184 Å². The van der Waals surface area contributed by atoms with E-state index in [9.17, 15) is 4.39 Å². The average Bonchev–Trinajstić information content (AvgIpc) is 3.27. The molecule has 0 N–H and O–H groups in total. The first-order valence-electron chi connectivity index (χ1n) is 10.1. The number of piperidine rings is 1. The Kier molecular flexibility index (Phi) is 6.84. The fraction of sp³-hybridized carbons (Fsp3) is 0.409. The molecule has 0 amide bonds. The van der Waals surface area contributed by atoms with Crippen LogP contribution in [0.2, 0.25) is 0 Å². The van der Waals surface area contributed by atoms with E-state index in [-0.39, 0.29) is 18.2 Å². The molecule has 5 nitrogen and oxygen atoms in total. The molecule has 0 aliphatic carbocycles. The van der Waals surface area contributed by atoms with Gasteiger partial charge in [0.05, 0.1) is 10.7 Å². The molecular formula is C22H25FN4OS2. The van der Waals surface area contributed by atoms with Gasteiger partial charge in [-0.15, -0.1) is 23.1 Å². The maximum Gasteiger partial charge on any atom is 0.225 e. The van der Waals surface area contributed by atoms with Crippen LogP contribution < -0.4 is 9.64 Å². The number of hydrogen-bond acceptors (Lipinski definition) is 7. The molecule has 0 bridgehead atoms. The van der Waals surface area contributed by atoms with Gasteiger partial charge < -0.3 is 9.64 Å². The highest BCUT2D eigenvalue weighted by atomic mass is 32.2. The quantitative estimate of drug-likeness (QED) is 0.460. The SMILES string of the molecule is CCc1cnc(N2CCC(c3nc(COc4ccc(SC)cc4F)cs3)CC2)nc1. The summed E-state index contributed by atoms with van der Waals surface area (Å²) in [5.41, 5.74) is 2.01. The van der Waals surface area contributed by atoms with Crippen LogP contribution in [0.4, 0.5) is 10.3 Å². The zero-order chi connectivity index (χ0) is 20.9. The molecule has 3 aromatic rings. The number of thiazole rings is 1. The van der Waals surface area contributed by atoms with E-state index in [1.807, 2.05) is 30.1 Å². The molecule has 0 radical (unpaired) electrons. The fourth-order valence-electron chi connectivity index (χ4n) is 3.47. The number of rotatable bonds is 7. The van der Waals surface area contributed by atoms with Crippen LogP contribution in [0, 0.1) is 5.82 Å². The number of thioether (sulfide) groups is 1. The third-order valence-electron chi connectivity index (χ3n) is 5.31. The van der Waals surface area contributed by atoms with Crippen LogP contribution in [0.1, 0.15) is 41.9 Å². The molecule has 3 heterocycles. The van der Waals surface area contributed by atoms with Gasteiger partial charge in [0.25, 0.3) is 0 Å². The summed E-state index contributed by atoms with van der Waals surface area (Å²) >= 11 is 3.17. The van der Waals surface area contributed by atoms with Gasteiger partial charge in [-0.25, -0.2) is 19.3 Å². The monoisotopic (exact) mass is 444 g/mol. The van der Waals surface area contributed by atoms with Gasteiger partial charge in [-0.05, 0) is 49.3 Å². The molecule has 1 aliphatic heterocycles. The molecule has 1 fully saturated rings. The van der Waals surface area contributed by atoms with Gasteiger partial charge in [-0.3, -0.25) is 0 Å². The molecule has 1 aliphatic rings. The van der Waals surface area contributed by atoms with Gasteiger partial charge in [0, 0.05) is 41.7 Å². The van der Waals surface area contributed by atoms with Crippen molar-refractivity contribution in [2.75, 3.05) is 24.2 Å². The summed E-state index contributed by atoms with van der Waals surface area (Å²) in [6.45, 7) is 4.24. The summed E-state index contributed by atoms with van der Waals surface area (Å²) in [6.07, 6.45) is 8.76. The van der Waals surface area contributed by atoms with Crippen LogP contribution in [0.5, 0.6) is 5.75 Å². The molecule has 30 heavy (non-hydrogen) atoms. The lowest BCUT2D eigenvalue weighted by Crippen LogP contribution is -2.34. The topological polar surface area (TPSA) is 51.1 Å². The molecule has 0 unspecified atom stereocenters. The lowest BCUT2D eigenvalue weighted by atomic mass is 9.98. The van der Waals surface area contributed by atoms with Crippen molar-refractivity contribution in [2.24, 2.45) is 0 Å². The molecular weight excluding hydrogens is 419 g/mol. The number of benzene rings is 1. The van der Waals surface area contributed by atoms with Crippen LogP contribution in [0.3, 0.4) is 0 Å². The van der Waals surface area contributed by atoms with E-state index in [4.69, 9.17) is 9.72 Å². The molecule has 8 heteroatoms. The van der Waals surface area contributed by atoms with Crippen molar-refractivity contribution < 1.29 is 9.13 Å². The van der Waals surface area contributed by atoms with Crippen molar-refractivity contribution in [3.8, 4) is 5.75 Å². The Hall–Kier alpha value is -2.19. The summed E-state index contributed by atoms with van der Waals surface area (Å²) in [7, 11) is 0. The summed E-state index contributed by atoms with van der Waals surface area (Å²) in [5, 5.41) is 3.15. The van der Waals surface area contributed by atoms with Crippen molar-refractivity contribution in [2.45, 2.75) is 43.6 Å². The molecule has 0 spiro atoms. The van der Waals surface area contributed by atoms with Crippen molar-refractivity contribution in [1.29, 1.82) is 0 Å². The first-order chi connectivity index (χ1) is 14.7. The van der Waals surface area contributed by atoms with Crippen molar-refractivity contribution in [3.63, 3.8) is 0 Å². The van der Waals surface area contributed by atoms with Gasteiger partial charge in [0.1, 0.15) is 6.61 Å². The number of nitrogens with zero attached hydrogens (tertiary/aromatic N) is 4. The zero-order valence-corrected chi connectivity index (χ0v) is 18.8. The average molecular weight is 445 g/mol. The minimum atomic E-state index is -0.334. The molecule has 4 rings (SSSR count). The second-order valence-corrected chi connectivity index (χ2v) is 9.04. The number of aryl methyl sites for hydroxylation is 1. The summed E-state index contributed by atoms with van der Waals surface area (Å²) in [5.74, 6) is 1.18. The first-order valence-corrected chi connectivity index (χ1v) is 12.2. The van der Waals surface area contributed by atoms with Gasteiger partial charge in [0.2, 0.25) is 5.95 Å². The second kappa shape index (κ2) is 9.75. The minimum absolute atomic E-state index is 0.268. The number of aromatic nitrogens is 3. The van der Waals surface area contributed by atoms with Gasteiger partial charge >= 0.3 is 0 Å². The number of halogens is 1. The normalized spacial score (nSPS) is 14.8. The number of ether oxygens (including phenoxy) is 1. The van der Waals surface area contributed by atoms with E-state index in [1.165, 1.54) is 17.8 Å². The molecule has 2 aromatic heterocycles. The third-order valence-corrected chi connectivity index (χ3v) is 7.09. The summed E-state index contributed by atoms with van der Waals surface area (Å²) in [4.78, 5) is 16.9. The summed E-state index contributed by atoms with van der Waals surface area (Å²) < 4.78 is 19.7. The Balaban J connectivity index is 1.31. The smallest absolute Gasteiger partial charge is 0.225 e. The van der Waals surface area contributed by atoms with E-state index in [0.29, 0.717) is 5.92 Å². The van der Waals surface area contributed by atoms with Gasteiger partial charge in [-0.1, -0.05) is 6.92 Å². The van der Waals surface area contributed by atoms with Gasteiger partial charge in [0.15, 0.2) is 11.6 Å². The van der Waals surface area contributed by atoms with E-state index < -0.39 is 0 Å². The highest BCUT2D eigenvalue weighted by molar-refractivity contribution is 7.98. The summed E-state index contributed by atoms with van der Waals surface area (Å²) in [6, 6.07) is 5.04. The highest BCUT2D eigenvalue weighted by Crippen LogP contribution is 2.32. The van der Waals surface area contributed by atoms with Crippen molar-refractivity contribution >= 4 is 29.0 Å². The zero-order valence-electron chi connectivity index (χ0n) is 17.2. The Morgan fingerprint density at radius 2 is 2.00 bits per heavy atom. The van der Waals surface area contributed by atoms with Crippen molar-refractivity contribution in [3.05, 3.63) is 58.1 Å². The maximum atomic E-state index is 14.1. The third kappa shape index (κ3) is 4.92. The molecule has 1 saturated heterocycles.